The Morgan fingerprint density at radius 1 is 1.18 bits per heavy atom. The number of ether oxygens (including phenoxy) is 1. The first kappa shape index (κ1) is 23.1. The molecule has 1 aromatic heterocycles. The molecule has 2 heterocycles. The summed E-state index contributed by atoms with van der Waals surface area (Å²) in [6, 6.07) is 7.56. The quantitative estimate of drug-likeness (QED) is 0.519. The van der Waals surface area contributed by atoms with Gasteiger partial charge in [-0.05, 0) is 42.2 Å². The number of halogens is 4. The highest BCUT2D eigenvalue weighted by atomic mass is 19.4. The van der Waals surface area contributed by atoms with Crippen LogP contribution in [0, 0.1) is 5.41 Å². The largest absolute Gasteiger partial charge is 0.489 e. The summed E-state index contributed by atoms with van der Waals surface area (Å²) in [5, 5.41) is 14.1. The van der Waals surface area contributed by atoms with Crippen LogP contribution in [0.15, 0.2) is 70.0 Å². The van der Waals surface area contributed by atoms with Crippen LogP contribution in [0.5, 0.6) is 0 Å². The van der Waals surface area contributed by atoms with Gasteiger partial charge in [-0.25, -0.2) is 4.39 Å². The van der Waals surface area contributed by atoms with E-state index in [0.29, 0.717) is 33.5 Å². The Labute approximate surface area is 187 Å². The predicted octanol–water partition coefficient (Wildman–Crippen LogP) is 5.12. The number of pyridine rings is 1. The van der Waals surface area contributed by atoms with Gasteiger partial charge in [-0.1, -0.05) is 19.9 Å². The number of fused-ring (bicyclic) bond motifs is 2. The van der Waals surface area contributed by atoms with E-state index in [1.807, 2.05) is 0 Å². The maximum atomic E-state index is 14.2. The van der Waals surface area contributed by atoms with Crippen LogP contribution in [0.3, 0.4) is 0 Å². The number of benzene rings is 1. The molecule has 0 amide bonds. The molecule has 2 aliphatic rings. The normalized spacial score (nSPS) is 18.4. The Morgan fingerprint density at radius 3 is 2.67 bits per heavy atom. The van der Waals surface area contributed by atoms with Crippen LogP contribution in [-0.4, -0.2) is 35.0 Å². The second-order valence-corrected chi connectivity index (χ2v) is 9.08. The van der Waals surface area contributed by atoms with Gasteiger partial charge in [-0.3, -0.25) is 4.79 Å². The Morgan fingerprint density at radius 2 is 1.94 bits per heavy atom. The molecule has 9 heteroatoms. The van der Waals surface area contributed by atoms with Crippen LogP contribution in [0.1, 0.15) is 26.7 Å². The lowest BCUT2D eigenvalue weighted by Gasteiger charge is -2.39. The number of aromatic nitrogens is 1. The summed E-state index contributed by atoms with van der Waals surface area (Å²) in [6.07, 6.45) is -2.72. The van der Waals surface area contributed by atoms with Crippen molar-refractivity contribution in [3.63, 3.8) is 0 Å². The monoisotopic (exact) mass is 464 g/mol. The summed E-state index contributed by atoms with van der Waals surface area (Å²) < 4.78 is 62.2. The molecule has 1 aliphatic heterocycles. The summed E-state index contributed by atoms with van der Waals surface area (Å²) >= 11 is 0. The number of allylic oxidation sites excluding steroid dienone is 4. The van der Waals surface area contributed by atoms with Crippen molar-refractivity contribution in [2.75, 3.05) is 18.5 Å². The first-order valence-electron chi connectivity index (χ1n) is 10.5. The van der Waals surface area contributed by atoms with Gasteiger partial charge < -0.3 is 20.1 Å². The van der Waals surface area contributed by atoms with Crippen LogP contribution < -0.4 is 10.9 Å². The first-order chi connectivity index (χ1) is 15.4. The summed E-state index contributed by atoms with van der Waals surface area (Å²) in [6.45, 7) is 2.46. The number of aliphatic hydroxyl groups is 1. The van der Waals surface area contributed by atoms with Crippen LogP contribution in [0.4, 0.5) is 23.2 Å². The van der Waals surface area contributed by atoms with Crippen molar-refractivity contribution < 1.29 is 27.4 Å². The van der Waals surface area contributed by atoms with Gasteiger partial charge in [-0.15, -0.1) is 0 Å². The van der Waals surface area contributed by atoms with E-state index in [2.05, 4.69) is 10.3 Å². The lowest BCUT2D eigenvalue weighted by Crippen LogP contribution is -2.53. The highest BCUT2D eigenvalue weighted by Gasteiger charge is 2.56. The number of nitrogens with one attached hydrogen (secondary N) is 2. The zero-order valence-electron chi connectivity index (χ0n) is 18.1. The molecular weight excluding hydrogens is 440 g/mol. The van der Waals surface area contributed by atoms with Crippen LogP contribution in [0.25, 0.3) is 10.9 Å². The second-order valence-electron chi connectivity index (χ2n) is 9.08. The standard InChI is InChI=1S/C24H24F4N2O3/c1-22(2,17-11-15(25)10-14-8-9-33-21(14)17)12-23(32,24(26,27)28)13-29-18-4-3-5-19-16(18)6-7-20(31)30-19/h3-8,11,29,32H,9-10,12-13H2,1-2H3,(H,30,31). The van der Waals surface area contributed by atoms with Crippen molar-refractivity contribution in [2.45, 2.75) is 38.5 Å². The molecule has 0 bridgehead atoms. The molecule has 33 heavy (non-hydrogen) atoms. The molecule has 1 unspecified atom stereocenters. The van der Waals surface area contributed by atoms with Crippen molar-refractivity contribution in [1.29, 1.82) is 0 Å². The van der Waals surface area contributed by atoms with Gasteiger partial charge in [0.2, 0.25) is 5.56 Å². The van der Waals surface area contributed by atoms with Crippen molar-refractivity contribution >= 4 is 16.6 Å². The molecule has 0 saturated carbocycles. The van der Waals surface area contributed by atoms with E-state index in [9.17, 15) is 27.5 Å². The Hall–Kier alpha value is -3.07. The van der Waals surface area contributed by atoms with E-state index < -0.39 is 36.0 Å². The highest BCUT2D eigenvalue weighted by Crippen LogP contribution is 2.48. The smallest absolute Gasteiger partial charge is 0.418 e. The summed E-state index contributed by atoms with van der Waals surface area (Å²) in [7, 11) is 0. The van der Waals surface area contributed by atoms with Crippen molar-refractivity contribution in [1.82, 2.24) is 4.98 Å². The van der Waals surface area contributed by atoms with Gasteiger partial charge in [0, 0.05) is 34.7 Å². The zero-order valence-corrected chi connectivity index (χ0v) is 18.1. The second kappa shape index (κ2) is 8.06. The molecule has 1 aromatic carbocycles. The number of hydrogen-bond donors (Lipinski definition) is 3. The van der Waals surface area contributed by atoms with Gasteiger partial charge in [0.25, 0.3) is 0 Å². The predicted molar refractivity (Wildman–Crippen MR) is 117 cm³/mol. The number of H-pyrrole nitrogens is 1. The molecule has 1 atom stereocenters. The lowest BCUT2D eigenvalue weighted by atomic mass is 9.72. The molecule has 1 aliphatic carbocycles. The third-order valence-electron chi connectivity index (χ3n) is 6.08. The molecule has 0 spiro atoms. The summed E-state index contributed by atoms with van der Waals surface area (Å²) in [4.78, 5) is 14.2. The summed E-state index contributed by atoms with van der Waals surface area (Å²) in [5.41, 5.74) is -3.03. The minimum Gasteiger partial charge on any atom is -0.489 e. The summed E-state index contributed by atoms with van der Waals surface area (Å²) in [5.74, 6) is -0.0751. The molecule has 0 radical (unpaired) electrons. The van der Waals surface area contributed by atoms with E-state index in [1.165, 1.54) is 32.1 Å². The van der Waals surface area contributed by atoms with Gasteiger partial charge in [0.1, 0.15) is 18.2 Å². The van der Waals surface area contributed by atoms with E-state index >= 15 is 0 Å². The third kappa shape index (κ3) is 4.42. The number of anilines is 1. The molecule has 3 N–H and O–H groups in total. The van der Waals surface area contributed by atoms with E-state index in [4.69, 9.17) is 4.74 Å². The molecule has 5 nitrogen and oxygen atoms in total. The molecule has 2 aromatic rings. The average Bonchev–Trinajstić information content (AvgIpc) is 3.18. The van der Waals surface area contributed by atoms with E-state index in [1.54, 1.807) is 24.3 Å². The van der Waals surface area contributed by atoms with Gasteiger partial charge >= 0.3 is 6.18 Å². The lowest BCUT2D eigenvalue weighted by molar-refractivity contribution is -0.262. The molecule has 176 valence electrons. The van der Waals surface area contributed by atoms with Gasteiger partial charge in [0.15, 0.2) is 5.60 Å². The van der Waals surface area contributed by atoms with Crippen LogP contribution in [0.2, 0.25) is 0 Å². The maximum Gasteiger partial charge on any atom is 0.418 e. The number of hydrogen-bond acceptors (Lipinski definition) is 4. The fourth-order valence-electron chi connectivity index (χ4n) is 4.44. The van der Waals surface area contributed by atoms with Crippen LogP contribution >= 0.6 is 0 Å². The first-order valence-corrected chi connectivity index (χ1v) is 10.5. The molecule has 0 fully saturated rings. The fraction of sp³-hybridized carbons (Fsp3) is 0.375. The Balaban J connectivity index is 1.65. The van der Waals surface area contributed by atoms with E-state index in [-0.39, 0.29) is 18.6 Å². The number of alkyl halides is 3. The Kier molecular flexibility index (Phi) is 5.64. The average molecular weight is 464 g/mol. The SMILES string of the molecule is CC(C)(CC(O)(CNc1cccc2[nH]c(=O)ccc12)C(F)(F)F)C1=C2OCC=C2CC(F)=C1. The molecular formula is C24H24F4N2O3. The number of rotatable bonds is 6. The molecule has 0 saturated heterocycles. The highest BCUT2D eigenvalue weighted by molar-refractivity contribution is 5.91. The Bertz CT molecular complexity index is 1240. The molecule has 4 rings (SSSR count). The van der Waals surface area contributed by atoms with Crippen molar-refractivity contribution in [3.8, 4) is 0 Å². The third-order valence-corrected chi connectivity index (χ3v) is 6.08. The van der Waals surface area contributed by atoms with Gasteiger partial charge in [-0.2, -0.15) is 13.2 Å². The van der Waals surface area contributed by atoms with Crippen molar-refractivity contribution in [2.24, 2.45) is 5.41 Å². The van der Waals surface area contributed by atoms with Crippen LogP contribution in [-0.2, 0) is 4.74 Å². The minimum atomic E-state index is -4.96. The number of aromatic amines is 1. The van der Waals surface area contributed by atoms with Gasteiger partial charge in [0.05, 0.1) is 12.1 Å². The zero-order chi connectivity index (χ0) is 24.0. The maximum absolute atomic E-state index is 14.2. The van der Waals surface area contributed by atoms with E-state index in [0.717, 1.165) is 0 Å². The minimum absolute atomic E-state index is 0.0448. The fourth-order valence-corrected chi connectivity index (χ4v) is 4.44. The topological polar surface area (TPSA) is 74.4 Å². The van der Waals surface area contributed by atoms with Crippen molar-refractivity contribution in [3.05, 3.63) is 75.6 Å².